The molecule has 0 spiro atoms. The Kier molecular flexibility index (Phi) is 3.79. The average Bonchev–Trinajstić information content (AvgIpc) is 2.48. The molecule has 1 aliphatic heterocycles. The molecule has 1 aliphatic rings. The van der Waals surface area contributed by atoms with Crippen molar-refractivity contribution in [1.82, 2.24) is 4.90 Å². The summed E-state index contributed by atoms with van der Waals surface area (Å²) in [5.41, 5.74) is 0.884. The van der Waals surface area contributed by atoms with Gasteiger partial charge < -0.3 is 4.90 Å². The predicted octanol–water partition coefficient (Wildman–Crippen LogP) is 1.76. The topological polar surface area (TPSA) is 37.4 Å². The molecule has 1 heterocycles. The molecular formula is C9H6ClNO2Zn. The molecule has 14 heavy (non-hydrogen) atoms. The number of carbonyl (C=O) groups is 2. The van der Waals surface area contributed by atoms with Crippen molar-refractivity contribution >= 4 is 21.5 Å². The van der Waals surface area contributed by atoms with E-state index in [1.165, 1.54) is 0 Å². The first-order valence-corrected chi connectivity index (χ1v) is 7.67. The molecule has 68 valence electrons. The monoisotopic (exact) mass is 259 g/mol. The van der Waals surface area contributed by atoms with Gasteiger partial charge in [-0.2, -0.15) is 0 Å². The van der Waals surface area contributed by atoms with Crippen molar-refractivity contribution in [3.63, 3.8) is 0 Å². The van der Waals surface area contributed by atoms with Crippen LogP contribution in [0.4, 0.5) is 0 Å². The van der Waals surface area contributed by atoms with Crippen molar-refractivity contribution in [2.24, 2.45) is 0 Å². The third kappa shape index (κ3) is 1.72. The Hall–Kier alpha value is -0.727. The van der Waals surface area contributed by atoms with Gasteiger partial charge in [-0.15, -0.1) is 0 Å². The zero-order valence-corrected chi connectivity index (χ0v) is 11.1. The molecule has 0 saturated carbocycles. The molecule has 2 rings (SSSR count). The maximum absolute atomic E-state index is 11.2. The molecule has 0 aliphatic carbocycles. The Morgan fingerprint density at radius 1 is 1.07 bits per heavy atom. The first-order chi connectivity index (χ1) is 6.72. The van der Waals surface area contributed by atoms with Gasteiger partial charge in [0.1, 0.15) is 0 Å². The third-order valence-corrected chi connectivity index (χ3v) is 1.88. The van der Waals surface area contributed by atoms with Crippen LogP contribution in [0, 0.1) is 7.05 Å². The van der Waals surface area contributed by atoms with Crippen molar-refractivity contribution in [3.8, 4) is 0 Å². The molecule has 0 fully saturated rings. The van der Waals surface area contributed by atoms with Gasteiger partial charge in [-0.25, -0.2) is 7.05 Å². The molecule has 0 unspecified atom stereocenters. The van der Waals surface area contributed by atoms with E-state index in [9.17, 15) is 9.59 Å². The maximum atomic E-state index is 11.2. The van der Waals surface area contributed by atoms with Gasteiger partial charge in [0.25, 0.3) is 0 Å². The van der Waals surface area contributed by atoms with Gasteiger partial charge in [0.2, 0.25) is 11.8 Å². The Morgan fingerprint density at radius 2 is 1.43 bits per heavy atom. The van der Waals surface area contributed by atoms with Gasteiger partial charge >= 0.3 is 27.0 Å². The normalized spacial score (nSPS) is 13.6. The van der Waals surface area contributed by atoms with Crippen LogP contribution in [0.15, 0.2) is 24.3 Å². The zero-order valence-electron chi connectivity index (χ0n) is 7.37. The summed E-state index contributed by atoms with van der Waals surface area (Å²) in [4.78, 5) is 23.4. The minimum atomic E-state index is -0.324. The summed E-state index contributed by atoms with van der Waals surface area (Å²) in [6.07, 6.45) is 0. The quantitative estimate of drug-likeness (QED) is 0.405. The second-order valence-corrected chi connectivity index (χ2v) is 2.58. The number of nitrogens with zero attached hydrogens (tertiary/aromatic N) is 1. The first kappa shape index (κ1) is 11.3. The number of imide groups is 1. The molecule has 1 aromatic rings. The van der Waals surface area contributed by atoms with E-state index < -0.39 is 0 Å². The zero-order chi connectivity index (χ0) is 10.7. The molecule has 3 nitrogen and oxygen atoms in total. The number of halogens is 1. The van der Waals surface area contributed by atoms with Crippen LogP contribution in [0.3, 0.4) is 0 Å². The number of benzene rings is 1. The molecule has 1 aromatic carbocycles. The summed E-state index contributed by atoms with van der Waals surface area (Å²) in [7, 11) is 8.11. The van der Waals surface area contributed by atoms with Gasteiger partial charge in [-0.3, -0.25) is 9.59 Å². The second-order valence-electron chi connectivity index (χ2n) is 2.58. The number of hydrogen-bond donors (Lipinski definition) is 0. The van der Waals surface area contributed by atoms with Gasteiger partial charge in [-0.05, 0) is 12.1 Å². The van der Waals surface area contributed by atoms with E-state index in [1.807, 2.05) is 0 Å². The van der Waals surface area contributed by atoms with Crippen LogP contribution in [0.5, 0.6) is 0 Å². The molecular weight excluding hydrogens is 255 g/mol. The standard InChI is InChI=1S/C9H6NO2.ClH.Zn/c1-10-8(11)6-4-2-3-5-7(6)9(10)12;;/h2-5H,1H2;1H;/q-1;;+2/p-1. The number of amides is 2. The van der Waals surface area contributed by atoms with Crippen LogP contribution in [0.25, 0.3) is 0 Å². The summed E-state index contributed by atoms with van der Waals surface area (Å²) in [6, 6.07) is 6.70. The van der Waals surface area contributed by atoms with E-state index in [0.717, 1.165) is 22.2 Å². The second kappa shape index (κ2) is 4.67. The molecule has 2 amide bonds. The SMILES string of the molecule is [CH2-]N1C(=O)c2ccccc2C1=O.[Cl][Zn+]. The first-order valence-electron chi connectivity index (χ1n) is 3.77. The van der Waals surface area contributed by atoms with E-state index >= 15 is 0 Å². The summed E-state index contributed by atoms with van der Waals surface area (Å²) >= 11 is 0.847. The van der Waals surface area contributed by atoms with Crippen LogP contribution < -0.4 is 0 Å². The molecule has 0 N–H and O–H groups in total. The number of carbonyl (C=O) groups excluding carboxylic acids is 2. The van der Waals surface area contributed by atoms with Crippen LogP contribution in [0.1, 0.15) is 20.7 Å². The van der Waals surface area contributed by atoms with Crippen molar-refractivity contribution < 1.29 is 26.9 Å². The summed E-state index contributed by atoms with van der Waals surface area (Å²) < 4.78 is 0. The Labute approximate surface area is 95.8 Å². The van der Waals surface area contributed by atoms with Crippen LogP contribution in [0.2, 0.25) is 0 Å². The van der Waals surface area contributed by atoms with E-state index in [4.69, 9.17) is 9.69 Å². The average molecular weight is 261 g/mol. The molecule has 0 bridgehead atoms. The Morgan fingerprint density at radius 3 is 1.79 bits per heavy atom. The Balaban J connectivity index is 0.000000461. The van der Waals surface area contributed by atoms with Gasteiger partial charge in [0.05, 0.1) is 0 Å². The van der Waals surface area contributed by atoms with Gasteiger partial charge in [0, 0.05) is 11.1 Å². The van der Waals surface area contributed by atoms with Crippen molar-refractivity contribution in [2.75, 3.05) is 0 Å². The molecule has 0 atom stereocenters. The van der Waals surface area contributed by atoms with E-state index in [1.54, 1.807) is 24.3 Å². The molecule has 0 radical (unpaired) electrons. The fourth-order valence-corrected chi connectivity index (χ4v) is 1.24. The van der Waals surface area contributed by atoms with E-state index in [0.29, 0.717) is 11.1 Å². The van der Waals surface area contributed by atoms with E-state index in [2.05, 4.69) is 7.05 Å². The van der Waals surface area contributed by atoms with Crippen LogP contribution in [-0.2, 0) is 17.3 Å². The fraction of sp³-hybridized carbons (Fsp3) is 0. The molecule has 5 heteroatoms. The Bertz CT molecular complexity index is 346. The van der Waals surface area contributed by atoms with Gasteiger partial charge in [0.15, 0.2) is 0 Å². The summed E-state index contributed by atoms with van der Waals surface area (Å²) in [5, 5.41) is 0. The van der Waals surface area contributed by atoms with Crippen molar-refractivity contribution in [1.29, 1.82) is 0 Å². The molecule has 0 saturated heterocycles. The van der Waals surface area contributed by atoms with Crippen molar-refractivity contribution in [2.45, 2.75) is 0 Å². The predicted molar refractivity (Wildman–Crippen MR) is 48.2 cm³/mol. The summed E-state index contributed by atoms with van der Waals surface area (Å²) in [6.45, 7) is 0. The molecule has 0 aromatic heterocycles. The number of rotatable bonds is 0. The minimum absolute atomic E-state index is 0.324. The number of hydrogen-bond acceptors (Lipinski definition) is 2. The summed E-state index contributed by atoms with van der Waals surface area (Å²) in [5.74, 6) is -0.647. The fourth-order valence-electron chi connectivity index (χ4n) is 1.24. The number of fused-ring (bicyclic) bond motifs is 1. The van der Waals surface area contributed by atoms with Gasteiger partial charge in [-0.1, -0.05) is 12.1 Å². The van der Waals surface area contributed by atoms with Crippen LogP contribution in [-0.4, -0.2) is 16.7 Å². The van der Waals surface area contributed by atoms with Crippen molar-refractivity contribution in [3.05, 3.63) is 42.4 Å². The third-order valence-electron chi connectivity index (χ3n) is 1.88. The van der Waals surface area contributed by atoms with Crippen LogP contribution >= 0.6 is 9.69 Å². The van der Waals surface area contributed by atoms with E-state index in [-0.39, 0.29) is 11.8 Å².